The van der Waals surface area contributed by atoms with Gasteiger partial charge in [-0.05, 0) is 31.5 Å². The Balaban J connectivity index is 2.79. The second kappa shape index (κ2) is 6.72. The van der Waals surface area contributed by atoms with Gasteiger partial charge in [0.15, 0.2) is 0 Å². The summed E-state index contributed by atoms with van der Waals surface area (Å²) in [5, 5.41) is 2.91. The third-order valence-corrected chi connectivity index (χ3v) is 4.13. The molecule has 0 bridgehead atoms. The Labute approximate surface area is 109 Å². The minimum Gasteiger partial charge on any atom is -0.388 e. The molecule has 0 aliphatic carbocycles. The lowest BCUT2D eigenvalue weighted by molar-refractivity contribution is 0.188. The lowest BCUT2D eigenvalue weighted by Gasteiger charge is -2.14. The smallest absolute Gasteiger partial charge is 0.240 e. The third kappa shape index (κ3) is 4.29. The Morgan fingerprint density at radius 1 is 1.39 bits per heavy atom. The molecule has 0 aromatic heterocycles. The second-order valence-electron chi connectivity index (χ2n) is 4.08. The number of ether oxygens (including phenoxy) is 1. The highest BCUT2D eigenvalue weighted by Gasteiger charge is 2.17. The quantitative estimate of drug-likeness (QED) is 0.788. The van der Waals surface area contributed by atoms with Crippen LogP contribution in [0, 0.1) is 0 Å². The molecule has 1 atom stereocenters. The molecule has 1 rings (SSSR count). The molecule has 0 aliphatic rings. The zero-order valence-electron chi connectivity index (χ0n) is 10.9. The lowest BCUT2D eigenvalue weighted by atomic mass is 10.3. The van der Waals surface area contributed by atoms with Crippen molar-refractivity contribution in [3.05, 3.63) is 24.3 Å². The minimum atomic E-state index is -3.47. The first-order chi connectivity index (χ1) is 8.49. The molecule has 0 heterocycles. The molecular weight excluding hydrogens is 252 g/mol. The summed E-state index contributed by atoms with van der Waals surface area (Å²) in [5.41, 5.74) is 0.766. The van der Waals surface area contributed by atoms with Gasteiger partial charge >= 0.3 is 0 Å². The average Bonchev–Trinajstić information content (AvgIpc) is 2.36. The standard InChI is InChI=1S/C12H20N2O3S/c1-10(7-8-17-3)14-18(15,16)12-6-4-5-11(9-12)13-2/h4-6,9-10,13-14H,7-8H2,1-3H3. The van der Waals surface area contributed by atoms with E-state index in [0.29, 0.717) is 13.0 Å². The SMILES string of the molecule is CNc1cccc(S(=O)(=O)NC(C)CCOC)c1. The van der Waals surface area contributed by atoms with Crippen molar-refractivity contribution in [2.45, 2.75) is 24.3 Å². The van der Waals surface area contributed by atoms with Gasteiger partial charge in [-0.2, -0.15) is 0 Å². The van der Waals surface area contributed by atoms with Gasteiger partial charge in [-0.25, -0.2) is 13.1 Å². The summed E-state index contributed by atoms with van der Waals surface area (Å²) in [6.07, 6.45) is 0.640. The van der Waals surface area contributed by atoms with Gasteiger partial charge in [0.1, 0.15) is 0 Å². The minimum absolute atomic E-state index is 0.159. The maximum Gasteiger partial charge on any atom is 0.240 e. The Morgan fingerprint density at radius 2 is 2.11 bits per heavy atom. The predicted molar refractivity (Wildman–Crippen MR) is 72.3 cm³/mol. The molecule has 1 unspecified atom stereocenters. The Morgan fingerprint density at radius 3 is 2.72 bits per heavy atom. The van der Waals surface area contributed by atoms with Crippen molar-refractivity contribution in [2.24, 2.45) is 0 Å². The van der Waals surface area contributed by atoms with Gasteiger partial charge in [-0.1, -0.05) is 6.07 Å². The van der Waals surface area contributed by atoms with Crippen molar-refractivity contribution in [3.63, 3.8) is 0 Å². The van der Waals surface area contributed by atoms with E-state index in [1.54, 1.807) is 32.4 Å². The number of rotatable bonds is 7. The molecule has 1 aromatic carbocycles. The van der Waals surface area contributed by atoms with Crippen molar-refractivity contribution in [2.75, 3.05) is 26.1 Å². The van der Waals surface area contributed by atoms with Gasteiger partial charge in [-0.15, -0.1) is 0 Å². The van der Waals surface area contributed by atoms with Crippen molar-refractivity contribution < 1.29 is 13.2 Å². The number of anilines is 1. The van der Waals surface area contributed by atoms with E-state index in [4.69, 9.17) is 4.74 Å². The van der Waals surface area contributed by atoms with Crippen LogP contribution < -0.4 is 10.0 Å². The molecule has 0 amide bonds. The summed E-state index contributed by atoms with van der Waals surface area (Å²) in [5.74, 6) is 0. The maximum atomic E-state index is 12.1. The molecule has 0 saturated heterocycles. The molecule has 5 nitrogen and oxygen atoms in total. The van der Waals surface area contributed by atoms with Gasteiger partial charge in [0.05, 0.1) is 4.90 Å². The van der Waals surface area contributed by atoms with E-state index >= 15 is 0 Å². The van der Waals surface area contributed by atoms with Gasteiger partial charge < -0.3 is 10.1 Å². The van der Waals surface area contributed by atoms with Crippen LogP contribution in [0.25, 0.3) is 0 Å². The van der Waals surface area contributed by atoms with Crippen molar-refractivity contribution in [3.8, 4) is 0 Å². The Kier molecular flexibility index (Phi) is 5.58. The normalized spacial score (nSPS) is 13.3. The van der Waals surface area contributed by atoms with Gasteiger partial charge in [0.2, 0.25) is 10.0 Å². The van der Waals surface area contributed by atoms with Crippen LogP contribution in [-0.2, 0) is 14.8 Å². The van der Waals surface area contributed by atoms with E-state index in [1.165, 1.54) is 0 Å². The third-order valence-electron chi connectivity index (χ3n) is 2.54. The van der Waals surface area contributed by atoms with Crippen molar-refractivity contribution >= 4 is 15.7 Å². The van der Waals surface area contributed by atoms with Crippen molar-refractivity contribution in [1.82, 2.24) is 4.72 Å². The topological polar surface area (TPSA) is 67.4 Å². The van der Waals surface area contributed by atoms with E-state index in [0.717, 1.165) is 5.69 Å². The molecule has 0 saturated carbocycles. The molecule has 6 heteroatoms. The molecule has 0 radical (unpaired) electrons. The fourth-order valence-electron chi connectivity index (χ4n) is 1.51. The van der Waals surface area contributed by atoms with Crippen LogP contribution in [0.4, 0.5) is 5.69 Å². The first-order valence-electron chi connectivity index (χ1n) is 5.78. The van der Waals surface area contributed by atoms with Gasteiger partial charge in [0.25, 0.3) is 0 Å². The van der Waals surface area contributed by atoms with E-state index in [1.807, 2.05) is 13.0 Å². The zero-order valence-corrected chi connectivity index (χ0v) is 11.8. The van der Waals surface area contributed by atoms with Gasteiger partial charge in [-0.3, -0.25) is 0 Å². The van der Waals surface area contributed by atoms with Crippen LogP contribution in [0.5, 0.6) is 0 Å². The summed E-state index contributed by atoms with van der Waals surface area (Å²) in [7, 11) is -0.123. The molecule has 0 fully saturated rings. The predicted octanol–water partition coefficient (Wildman–Crippen LogP) is 1.43. The molecule has 1 aromatic rings. The first-order valence-corrected chi connectivity index (χ1v) is 7.27. The van der Waals surface area contributed by atoms with Crippen LogP contribution in [0.1, 0.15) is 13.3 Å². The van der Waals surface area contributed by atoms with E-state index in [-0.39, 0.29) is 10.9 Å². The maximum absolute atomic E-state index is 12.1. The van der Waals surface area contributed by atoms with Crippen LogP contribution >= 0.6 is 0 Å². The van der Waals surface area contributed by atoms with E-state index in [2.05, 4.69) is 10.0 Å². The number of methoxy groups -OCH3 is 1. The molecule has 18 heavy (non-hydrogen) atoms. The fourth-order valence-corrected chi connectivity index (χ4v) is 2.83. The first kappa shape index (κ1) is 14.9. The van der Waals surface area contributed by atoms with Crippen molar-refractivity contribution in [1.29, 1.82) is 0 Å². The Bertz CT molecular complexity index is 474. The monoisotopic (exact) mass is 272 g/mol. The summed E-state index contributed by atoms with van der Waals surface area (Å²) in [6.45, 7) is 2.35. The number of sulfonamides is 1. The largest absolute Gasteiger partial charge is 0.388 e. The van der Waals surface area contributed by atoms with Crippen LogP contribution in [0.2, 0.25) is 0 Å². The lowest BCUT2D eigenvalue weighted by Crippen LogP contribution is -2.33. The summed E-state index contributed by atoms with van der Waals surface area (Å²) in [6, 6.07) is 6.54. The Hall–Kier alpha value is -1.11. The zero-order chi connectivity index (χ0) is 13.6. The van der Waals surface area contributed by atoms with Crippen LogP contribution in [-0.4, -0.2) is 35.2 Å². The number of hydrogen-bond donors (Lipinski definition) is 2. The molecule has 2 N–H and O–H groups in total. The molecule has 0 aliphatic heterocycles. The highest BCUT2D eigenvalue weighted by molar-refractivity contribution is 7.89. The number of benzene rings is 1. The second-order valence-corrected chi connectivity index (χ2v) is 5.80. The molecular formula is C12H20N2O3S. The van der Waals surface area contributed by atoms with Crippen LogP contribution in [0.3, 0.4) is 0 Å². The number of nitrogens with one attached hydrogen (secondary N) is 2. The summed E-state index contributed by atoms with van der Waals surface area (Å²) < 4.78 is 31.7. The van der Waals surface area contributed by atoms with Crippen LogP contribution in [0.15, 0.2) is 29.2 Å². The average molecular weight is 272 g/mol. The fraction of sp³-hybridized carbons (Fsp3) is 0.500. The van der Waals surface area contributed by atoms with E-state index < -0.39 is 10.0 Å². The van der Waals surface area contributed by atoms with Gasteiger partial charge in [0, 0.05) is 32.5 Å². The van der Waals surface area contributed by atoms with E-state index in [9.17, 15) is 8.42 Å². The molecule has 102 valence electrons. The summed E-state index contributed by atoms with van der Waals surface area (Å²) in [4.78, 5) is 0.263. The highest BCUT2D eigenvalue weighted by atomic mass is 32.2. The number of hydrogen-bond acceptors (Lipinski definition) is 4. The summed E-state index contributed by atoms with van der Waals surface area (Å²) >= 11 is 0. The highest BCUT2D eigenvalue weighted by Crippen LogP contribution is 2.15. The molecule has 0 spiro atoms.